The quantitative estimate of drug-likeness (QED) is 0.508. The molecule has 0 aliphatic carbocycles. The minimum atomic E-state index is -3.21. The van der Waals surface area contributed by atoms with Gasteiger partial charge in [-0.2, -0.15) is 4.98 Å². The highest BCUT2D eigenvalue weighted by atomic mass is 32.2. The first-order valence-electron chi connectivity index (χ1n) is 12.2. The number of carbonyl (C=O) groups is 1. The molecule has 190 valence electrons. The molecule has 2 aliphatic heterocycles. The van der Waals surface area contributed by atoms with E-state index in [0.29, 0.717) is 23.2 Å². The molecular formula is C25H30N6O4S. The molecule has 11 heteroatoms. The molecule has 0 saturated carbocycles. The molecule has 3 aromatic rings. The minimum absolute atomic E-state index is 0.0135. The van der Waals surface area contributed by atoms with Crippen molar-refractivity contribution in [2.45, 2.75) is 43.2 Å². The van der Waals surface area contributed by atoms with Gasteiger partial charge in [-0.15, -0.1) is 0 Å². The predicted octanol–water partition coefficient (Wildman–Crippen LogP) is 2.57. The summed E-state index contributed by atoms with van der Waals surface area (Å²) in [6, 6.07) is 10.9. The Morgan fingerprint density at radius 3 is 2.47 bits per heavy atom. The van der Waals surface area contributed by atoms with Gasteiger partial charge in [0, 0.05) is 43.6 Å². The molecular weight excluding hydrogens is 480 g/mol. The highest BCUT2D eigenvalue weighted by Gasteiger charge is 2.31. The standard InChI is InChI=1S/C25H30N6O4S/c1-36(33,34)20-7-4-17(5-8-20)16-31-12-2-3-21(31)25-28-24(29-35-25)19-6-9-22(27-15-19)30-13-10-18(11-14-30)23(26)32/h4-9,15,18,21H,2-3,10-14,16H2,1H3,(H2,26,32). The van der Waals surface area contributed by atoms with Gasteiger partial charge in [0.2, 0.25) is 17.6 Å². The third-order valence-corrected chi connectivity index (χ3v) is 8.18. The molecule has 1 aromatic carbocycles. The highest BCUT2D eigenvalue weighted by Crippen LogP contribution is 2.33. The molecule has 1 unspecified atom stereocenters. The maximum absolute atomic E-state index is 11.7. The van der Waals surface area contributed by atoms with Crippen LogP contribution in [0.25, 0.3) is 11.4 Å². The molecule has 0 spiro atoms. The molecule has 36 heavy (non-hydrogen) atoms. The fraction of sp³-hybridized carbons (Fsp3) is 0.440. The number of likely N-dealkylation sites (tertiary alicyclic amines) is 1. The third-order valence-electron chi connectivity index (χ3n) is 7.06. The van der Waals surface area contributed by atoms with Crippen LogP contribution in [0.3, 0.4) is 0 Å². The van der Waals surface area contributed by atoms with Crippen LogP contribution in [0, 0.1) is 5.92 Å². The first-order chi connectivity index (χ1) is 17.3. The van der Waals surface area contributed by atoms with Gasteiger partial charge in [0.15, 0.2) is 9.84 Å². The number of carbonyl (C=O) groups excluding carboxylic acids is 1. The fourth-order valence-corrected chi connectivity index (χ4v) is 5.59. The van der Waals surface area contributed by atoms with Crippen LogP contribution in [0.1, 0.15) is 43.2 Å². The number of pyridine rings is 1. The smallest absolute Gasteiger partial charge is 0.244 e. The van der Waals surface area contributed by atoms with E-state index in [1.54, 1.807) is 18.3 Å². The van der Waals surface area contributed by atoms with Crippen molar-refractivity contribution in [3.63, 3.8) is 0 Å². The molecule has 2 aromatic heterocycles. The van der Waals surface area contributed by atoms with E-state index in [-0.39, 0.29) is 17.9 Å². The number of aromatic nitrogens is 3. The van der Waals surface area contributed by atoms with Crippen LogP contribution >= 0.6 is 0 Å². The SMILES string of the molecule is CS(=O)(=O)c1ccc(CN2CCCC2c2nc(-c3ccc(N4CCC(C(N)=O)CC4)nc3)no2)cc1. The van der Waals surface area contributed by atoms with E-state index in [9.17, 15) is 13.2 Å². The topological polar surface area (TPSA) is 136 Å². The van der Waals surface area contributed by atoms with Gasteiger partial charge >= 0.3 is 0 Å². The summed E-state index contributed by atoms with van der Waals surface area (Å²) < 4.78 is 29.1. The van der Waals surface area contributed by atoms with Crippen LogP contribution in [0.2, 0.25) is 0 Å². The minimum Gasteiger partial charge on any atom is -0.369 e. The maximum atomic E-state index is 11.7. The molecule has 10 nitrogen and oxygen atoms in total. The van der Waals surface area contributed by atoms with Gasteiger partial charge in [0.1, 0.15) is 5.82 Å². The lowest BCUT2D eigenvalue weighted by Crippen LogP contribution is -2.38. The van der Waals surface area contributed by atoms with Crippen LogP contribution < -0.4 is 10.6 Å². The van der Waals surface area contributed by atoms with Gasteiger partial charge < -0.3 is 15.2 Å². The lowest BCUT2D eigenvalue weighted by atomic mass is 9.96. The van der Waals surface area contributed by atoms with E-state index < -0.39 is 9.84 Å². The Bertz CT molecular complexity index is 1320. The average molecular weight is 511 g/mol. The predicted molar refractivity (Wildman–Crippen MR) is 134 cm³/mol. The van der Waals surface area contributed by atoms with Crippen LogP contribution in [0.15, 0.2) is 52.0 Å². The Labute approximate surface area is 210 Å². The van der Waals surface area contributed by atoms with Crippen molar-refractivity contribution in [3.05, 3.63) is 54.0 Å². The third kappa shape index (κ3) is 5.26. The van der Waals surface area contributed by atoms with Crippen molar-refractivity contribution < 1.29 is 17.7 Å². The number of anilines is 1. The van der Waals surface area contributed by atoms with Crippen LogP contribution in [-0.4, -0.2) is 60.2 Å². The van der Waals surface area contributed by atoms with Gasteiger partial charge in [-0.1, -0.05) is 17.3 Å². The van der Waals surface area contributed by atoms with Crippen LogP contribution in [0.5, 0.6) is 0 Å². The Balaban J connectivity index is 1.24. The molecule has 2 aliphatic rings. The second-order valence-electron chi connectivity index (χ2n) is 9.57. The number of nitrogens with two attached hydrogens (primary N) is 1. The lowest BCUT2D eigenvalue weighted by molar-refractivity contribution is -0.122. The summed E-state index contributed by atoms with van der Waals surface area (Å²) in [5.41, 5.74) is 7.25. The Hall–Kier alpha value is -3.31. The number of piperidine rings is 1. The second-order valence-corrected chi connectivity index (χ2v) is 11.6. The first kappa shape index (κ1) is 24.4. The van der Waals surface area contributed by atoms with E-state index in [1.165, 1.54) is 6.26 Å². The zero-order chi connectivity index (χ0) is 25.3. The number of nitrogens with zero attached hydrogens (tertiary/aromatic N) is 5. The maximum Gasteiger partial charge on any atom is 0.244 e. The molecule has 0 radical (unpaired) electrons. The van der Waals surface area contributed by atoms with Gasteiger partial charge in [-0.3, -0.25) is 9.69 Å². The van der Waals surface area contributed by atoms with E-state index in [4.69, 9.17) is 10.3 Å². The summed E-state index contributed by atoms with van der Waals surface area (Å²) in [5.74, 6) is 1.65. The number of primary amides is 1. The van der Waals surface area contributed by atoms with Crippen molar-refractivity contribution >= 4 is 21.6 Å². The average Bonchev–Trinajstić information content (AvgIpc) is 3.54. The van der Waals surface area contributed by atoms with E-state index in [2.05, 4.69) is 24.9 Å². The summed E-state index contributed by atoms with van der Waals surface area (Å²) in [5, 5.41) is 4.20. The van der Waals surface area contributed by atoms with Crippen molar-refractivity contribution in [2.75, 3.05) is 30.8 Å². The number of hydrogen-bond acceptors (Lipinski definition) is 9. The molecule has 1 atom stereocenters. The van der Waals surface area contributed by atoms with E-state index in [1.807, 2.05) is 24.3 Å². The van der Waals surface area contributed by atoms with Gasteiger partial charge in [-0.25, -0.2) is 13.4 Å². The summed E-state index contributed by atoms with van der Waals surface area (Å²) in [4.78, 5) is 25.4. The van der Waals surface area contributed by atoms with Crippen LogP contribution in [0.4, 0.5) is 5.82 Å². The van der Waals surface area contributed by atoms with E-state index >= 15 is 0 Å². The molecule has 2 fully saturated rings. The van der Waals surface area contributed by atoms with Crippen LogP contribution in [-0.2, 0) is 21.2 Å². The largest absolute Gasteiger partial charge is 0.369 e. The fourth-order valence-electron chi connectivity index (χ4n) is 4.96. The van der Waals surface area contributed by atoms with Crippen molar-refractivity contribution in [3.8, 4) is 11.4 Å². The van der Waals surface area contributed by atoms with Gasteiger partial charge in [0.25, 0.3) is 0 Å². The first-order valence-corrected chi connectivity index (χ1v) is 14.0. The molecule has 1 amide bonds. The summed E-state index contributed by atoms with van der Waals surface area (Å²) >= 11 is 0. The number of hydrogen-bond donors (Lipinski definition) is 1. The molecule has 5 rings (SSSR count). The normalized spacial score (nSPS) is 19.6. The number of rotatable bonds is 7. The van der Waals surface area contributed by atoms with Crippen molar-refractivity contribution in [1.29, 1.82) is 0 Å². The Morgan fingerprint density at radius 2 is 1.83 bits per heavy atom. The van der Waals surface area contributed by atoms with Gasteiger partial charge in [0.05, 0.1) is 10.9 Å². The van der Waals surface area contributed by atoms with Crippen molar-refractivity contribution in [1.82, 2.24) is 20.0 Å². The molecule has 0 bridgehead atoms. The zero-order valence-electron chi connectivity index (χ0n) is 20.2. The Morgan fingerprint density at radius 1 is 1.08 bits per heavy atom. The second kappa shape index (κ2) is 9.98. The highest BCUT2D eigenvalue weighted by molar-refractivity contribution is 7.90. The molecule has 2 saturated heterocycles. The summed E-state index contributed by atoms with van der Waals surface area (Å²) in [6.07, 6.45) is 6.39. The van der Waals surface area contributed by atoms with E-state index in [0.717, 1.165) is 62.3 Å². The summed E-state index contributed by atoms with van der Waals surface area (Å²) in [6.45, 7) is 3.08. The monoisotopic (exact) mass is 510 g/mol. The number of benzene rings is 1. The van der Waals surface area contributed by atoms with Crippen molar-refractivity contribution in [2.24, 2.45) is 11.7 Å². The summed E-state index contributed by atoms with van der Waals surface area (Å²) in [7, 11) is -3.21. The van der Waals surface area contributed by atoms with Gasteiger partial charge in [-0.05, 0) is 62.1 Å². The molecule has 4 heterocycles. The molecule has 2 N–H and O–H groups in total. The zero-order valence-corrected chi connectivity index (χ0v) is 21.0. The Kier molecular flexibility index (Phi) is 6.76. The number of sulfone groups is 1. The lowest BCUT2D eigenvalue weighted by Gasteiger charge is -2.31. The number of amides is 1.